The lowest BCUT2D eigenvalue weighted by Gasteiger charge is -2.26. The lowest BCUT2D eigenvalue weighted by atomic mass is 9.83. The van der Waals surface area contributed by atoms with Crippen LogP contribution in [0.4, 0.5) is 4.39 Å². The third-order valence-electron chi connectivity index (χ3n) is 5.44. The summed E-state index contributed by atoms with van der Waals surface area (Å²) in [5, 5.41) is 2.87. The molecule has 156 valence electrons. The van der Waals surface area contributed by atoms with Crippen molar-refractivity contribution in [3.63, 3.8) is 0 Å². The Morgan fingerprint density at radius 2 is 1.72 bits per heavy atom. The van der Waals surface area contributed by atoms with Crippen molar-refractivity contribution in [3.8, 4) is 0 Å². The second kappa shape index (κ2) is 8.63. The van der Waals surface area contributed by atoms with Crippen LogP contribution in [0.1, 0.15) is 44.2 Å². The number of benzene rings is 2. The minimum absolute atomic E-state index is 0.214. The van der Waals surface area contributed by atoms with Crippen molar-refractivity contribution in [3.05, 3.63) is 65.5 Å². The highest BCUT2D eigenvalue weighted by Crippen LogP contribution is 2.24. The Labute approximate surface area is 172 Å². The van der Waals surface area contributed by atoms with Crippen molar-refractivity contribution in [1.29, 1.82) is 0 Å². The lowest BCUT2D eigenvalue weighted by Crippen LogP contribution is -2.39. The molecule has 0 spiro atoms. The van der Waals surface area contributed by atoms with Gasteiger partial charge in [0, 0.05) is 19.6 Å². The number of piperidine rings is 1. The van der Waals surface area contributed by atoms with E-state index in [1.54, 1.807) is 50.2 Å². The third kappa shape index (κ3) is 4.85. The van der Waals surface area contributed by atoms with E-state index in [9.17, 15) is 17.6 Å². The maximum Gasteiger partial charge on any atom is 0.243 e. The summed E-state index contributed by atoms with van der Waals surface area (Å²) in [6.45, 7) is 4.86. The first-order valence-electron chi connectivity index (χ1n) is 9.85. The van der Waals surface area contributed by atoms with E-state index in [1.165, 1.54) is 16.4 Å². The molecule has 0 aromatic heterocycles. The summed E-state index contributed by atoms with van der Waals surface area (Å²) in [6.07, 6.45) is 2.82. The second-order valence-corrected chi connectivity index (χ2v) is 9.86. The van der Waals surface area contributed by atoms with Gasteiger partial charge in [-0.05, 0) is 62.1 Å². The zero-order valence-electron chi connectivity index (χ0n) is 16.8. The van der Waals surface area contributed by atoms with Crippen LogP contribution in [0.5, 0.6) is 0 Å². The molecule has 0 bridgehead atoms. The zero-order chi connectivity index (χ0) is 21.1. The van der Waals surface area contributed by atoms with Crippen LogP contribution in [0, 0.1) is 5.82 Å². The summed E-state index contributed by atoms with van der Waals surface area (Å²) in [5.41, 5.74) is 0.578. The Balaban J connectivity index is 1.70. The normalized spacial score (nSPS) is 15.8. The van der Waals surface area contributed by atoms with Gasteiger partial charge in [-0.15, -0.1) is 0 Å². The summed E-state index contributed by atoms with van der Waals surface area (Å²) < 4.78 is 40.4. The first-order chi connectivity index (χ1) is 13.7. The largest absolute Gasteiger partial charge is 0.351 e. The summed E-state index contributed by atoms with van der Waals surface area (Å²) in [7, 11) is -3.51. The van der Waals surface area contributed by atoms with Gasteiger partial charge in [-0.1, -0.05) is 30.7 Å². The number of amides is 1. The standard InChI is InChI=1S/C22H27FN2O3S/c1-22(2,18-9-11-19(23)12-10-18)21(26)24-16-17-7-6-8-20(15-17)29(27,28)25-13-4-3-5-14-25/h6-12,15H,3-5,13-14,16H2,1-2H3,(H,24,26). The Kier molecular flexibility index (Phi) is 6.39. The Hall–Kier alpha value is -2.25. The van der Waals surface area contributed by atoms with E-state index < -0.39 is 15.4 Å². The van der Waals surface area contributed by atoms with E-state index in [-0.39, 0.29) is 23.2 Å². The van der Waals surface area contributed by atoms with E-state index in [0.29, 0.717) is 24.2 Å². The number of sulfonamides is 1. The zero-order valence-corrected chi connectivity index (χ0v) is 17.6. The molecule has 0 atom stereocenters. The molecule has 1 heterocycles. The van der Waals surface area contributed by atoms with E-state index in [1.807, 2.05) is 0 Å². The van der Waals surface area contributed by atoms with Gasteiger partial charge in [-0.3, -0.25) is 4.79 Å². The molecule has 1 fully saturated rings. The average Bonchev–Trinajstić information content (AvgIpc) is 2.73. The predicted octanol–water partition coefficient (Wildman–Crippen LogP) is 3.59. The number of carbonyl (C=O) groups is 1. The van der Waals surface area contributed by atoms with Crippen molar-refractivity contribution in [2.24, 2.45) is 0 Å². The third-order valence-corrected chi connectivity index (χ3v) is 7.33. The van der Waals surface area contributed by atoms with Crippen molar-refractivity contribution in [2.45, 2.75) is 50.0 Å². The Morgan fingerprint density at radius 3 is 2.38 bits per heavy atom. The summed E-state index contributed by atoms with van der Waals surface area (Å²) in [4.78, 5) is 13.0. The van der Waals surface area contributed by atoms with Gasteiger partial charge in [0.15, 0.2) is 0 Å². The molecule has 2 aromatic carbocycles. The number of nitrogens with one attached hydrogen (secondary N) is 1. The van der Waals surface area contributed by atoms with Crippen LogP contribution in [-0.4, -0.2) is 31.7 Å². The van der Waals surface area contributed by atoms with Gasteiger partial charge in [0.1, 0.15) is 5.82 Å². The topological polar surface area (TPSA) is 66.5 Å². The highest BCUT2D eigenvalue weighted by atomic mass is 32.2. The molecule has 0 radical (unpaired) electrons. The first kappa shape index (κ1) is 21.5. The lowest BCUT2D eigenvalue weighted by molar-refractivity contribution is -0.125. The maximum absolute atomic E-state index is 13.2. The predicted molar refractivity (Wildman–Crippen MR) is 110 cm³/mol. The average molecular weight is 419 g/mol. The molecule has 0 aliphatic carbocycles. The van der Waals surface area contributed by atoms with Crippen molar-refractivity contribution >= 4 is 15.9 Å². The molecule has 1 amide bonds. The van der Waals surface area contributed by atoms with Crippen molar-refractivity contribution in [1.82, 2.24) is 9.62 Å². The number of nitrogens with zero attached hydrogens (tertiary/aromatic N) is 1. The van der Waals surface area contributed by atoms with Crippen LogP contribution in [0.3, 0.4) is 0 Å². The molecule has 3 rings (SSSR count). The van der Waals surface area contributed by atoms with Crippen LogP contribution in [-0.2, 0) is 26.8 Å². The van der Waals surface area contributed by atoms with Crippen molar-refractivity contribution < 1.29 is 17.6 Å². The number of rotatable bonds is 6. The van der Waals surface area contributed by atoms with E-state index in [2.05, 4.69) is 5.32 Å². The second-order valence-electron chi connectivity index (χ2n) is 7.93. The molecule has 5 nitrogen and oxygen atoms in total. The number of halogens is 1. The molecule has 0 saturated carbocycles. The molecule has 1 N–H and O–H groups in total. The summed E-state index contributed by atoms with van der Waals surface area (Å²) in [6, 6.07) is 12.6. The van der Waals surface area contributed by atoms with Gasteiger partial charge in [0.25, 0.3) is 0 Å². The van der Waals surface area contributed by atoms with Gasteiger partial charge in [0.05, 0.1) is 10.3 Å². The fourth-order valence-electron chi connectivity index (χ4n) is 3.47. The summed E-state index contributed by atoms with van der Waals surface area (Å²) >= 11 is 0. The van der Waals surface area contributed by atoms with E-state index >= 15 is 0 Å². The minimum atomic E-state index is -3.51. The van der Waals surface area contributed by atoms with E-state index in [4.69, 9.17) is 0 Å². The highest BCUT2D eigenvalue weighted by Gasteiger charge is 2.30. The van der Waals surface area contributed by atoms with Crippen LogP contribution in [0.15, 0.2) is 53.4 Å². The molecule has 1 saturated heterocycles. The summed E-state index contributed by atoms with van der Waals surface area (Å²) in [5.74, 6) is -0.565. The molecular weight excluding hydrogens is 391 g/mol. The number of carbonyl (C=O) groups excluding carboxylic acids is 1. The van der Waals surface area contributed by atoms with Crippen LogP contribution < -0.4 is 5.32 Å². The molecule has 1 aliphatic rings. The molecule has 2 aromatic rings. The first-order valence-corrected chi connectivity index (χ1v) is 11.3. The van der Waals surface area contributed by atoms with Crippen LogP contribution in [0.2, 0.25) is 0 Å². The van der Waals surface area contributed by atoms with Crippen LogP contribution >= 0.6 is 0 Å². The van der Waals surface area contributed by atoms with Gasteiger partial charge < -0.3 is 5.32 Å². The van der Waals surface area contributed by atoms with E-state index in [0.717, 1.165) is 19.3 Å². The van der Waals surface area contributed by atoms with Crippen molar-refractivity contribution in [2.75, 3.05) is 13.1 Å². The SMILES string of the molecule is CC(C)(C(=O)NCc1cccc(S(=O)(=O)N2CCCCC2)c1)c1ccc(F)cc1. The quantitative estimate of drug-likeness (QED) is 0.780. The van der Waals surface area contributed by atoms with Gasteiger partial charge in [-0.2, -0.15) is 4.31 Å². The molecule has 0 unspecified atom stereocenters. The van der Waals surface area contributed by atoms with Gasteiger partial charge in [-0.25, -0.2) is 12.8 Å². The molecule has 7 heteroatoms. The monoisotopic (exact) mass is 418 g/mol. The number of hydrogen-bond donors (Lipinski definition) is 1. The molecule has 29 heavy (non-hydrogen) atoms. The van der Waals surface area contributed by atoms with Gasteiger partial charge >= 0.3 is 0 Å². The maximum atomic E-state index is 13.2. The molecular formula is C22H27FN2O3S. The smallest absolute Gasteiger partial charge is 0.243 e. The Bertz CT molecular complexity index is 966. The number of hydrogen-bond acceptors (Lipinski definition) is 3. The van der Waals surface area contributed by atoms with Gasteiger partial charge in [0.2, 0.25) is 15.9 Å². The fourth-order valence-corrected chi connectivity index (χ4v) is 5.06. The fraction of sp³-hybridized carbons (Fsp3) is 0.409. The minimum Gasteiger partial charge on any atom is -0.351 e. The van der Waals surface area contributed by atoms with Crippen LogP contribution in [0.25, 0.3) is 0 Å². The molecule has 1 aliphatic heterocycles. The highest BCUT2D eigenvalue weighted by molar-refractivity contribution is 7.89. The Morgan fingerprint density at radius 1 is 1.07 bits per heavy atom.